The second-order valence-corrected chi connectivity index (χ2v) is 8.41. The van der Waals surface area contributed by atoms with Crippen LogP contribution < -0.4 is 5.56 Å². The molecule has 7 heteroatoms. The lowest BCUT2D eigenvalue weighted by atomic mass is 10.2. The molecule has 0 spiro atoms. The fraction of sp³-hybridized carbons (Fsp3) is 0.125. The number of thiophene rings is 1. The molecule has 5 aromatic rings. The summed E-state index contributed by atoms with van der Waals surface area (Å²) in [7, 11) is 0. The van der Waals surface area contributed by atoms with Crippen molar-refractivity contribution in [2.45, 2.75) is 19.6 Å². The van der Waals surface area contributed by atoms with Crippen molar-refractivity contribution in [3.8, 4) is 0 Å². The molecule has 0 saturated carbocycles. The zero-order chi connectivity index (χ0) is 21.2. The molecule has 1 amide bonds. The zero-order valence-electron chi connectivity index (χ0n) is 16.7. The van der Waals surface area contributed by atoms with Gasteiger partial charge < -0.3 is 9.88 Å². The Bertz CT molecular complexity index is 1400. The Hall–Kier alpha value is -3.71. The van der Waals surface area contributed by atoms with E-state index >= 15 is 0 Å². The van der Waals surface area contributed by atoms with E-state index in [2.05, 4.69) is 10.1 Å². The molecule has 3 heterocycles. The standard InChI is InChI=1S/C24H20N4O2S/c29-22(27(15-18-9-6-12-31-18)14-17-7-2-1-3-8-17)16-28-24(30)23-20(13-25-28)19-10-4-5-11-21(19)26-23/h1-13,26H,14-16H2. The maximum atomic E-state index is 13.2. The first-order valence-electron chi connectivity index (χ1n) is 9.99. The Kier molecular flexibility index (Phi) is 5.09. The van der Waals surface area contributed by atoms with E-state index < -0.39 is 0 Å². The summed E-state index contributed by atoms with van der Waals surface area (Å²) in [5.74, 6) is -0.151. The second-order valence-electron chi connectivity index (χ2n) is 7.38. The number of aromatic amines is 1. The molecule has 0 saturated heterocycles. The molecule has 0 radical (unpaired) electrons. The SMILES string of the molecule is O=C(Cn1ncc2c([nH]c3ccccc32)c1=O)N(Cc1ccccc1)Cc1cccs1. The van der Waals surface area contributed by atoms with E-state index in [1.807, 2.05) is 72.1 Å². The molecule has 0 atom stereocenters. The largest absolute Gasteiger partial charge is 0.350 e. The number of aromatic nitrogens is 3. The maximum absolute atomic E-state index is 13.2. The first kappa shape index (κ1) is 19.3. The van der Waals surface area contributed by atoms with E-state index in [1.54, 1.807) is 22.4 Å². The molecular weight excluding hydrogens is 408 g/mol. The molecule has 2 aromatic carbocycles. The van der Waals surface area contributed by atoms with Gasteiger partial charge in [-0.1, -0.05) is 54.6 Å². The number of benzene rings is 2. The lowest BCUT2D eigenvalue weighted by molar-refractivity contribution is -0.133. The number of H-pyrrole nitrogens is 1. The zero-order valence-corrected chi connectivity index (χ0v) is 17.5. The van der Waals surface area contributed by atoms with Crippen LogP contribution in [-0.2, 0) is 24.4 Å². The van der Waals surface area contributed by atoms with Crippen LogP contribution in [-0.4, -0.2) is 25.6 Å². The minimum absolute atomic E-state index is 0.109. The first-order chi connectivity index (χ1) is 15.2. The van der Waals surface area contributed by atoms with Gasteiger partial charge in [0, 0.05) is 27.7 Å². The summed E-state index contributed by atoms with van der Waals surface area (Å²) >= 11 is 1.61. The van der Waals surface area contributed by atoms with E-state index in [4.69, 9.17) is 0 Å². The van der Waals surface area contributed by atoms with Crippen molar-refractivity contribution in [3.05, 3.63) is 99.1 Å². The molecule has 3 aromatic heterocycles. The lowest BCUT2D eigenvalue weighted by Gasteiger charge is -2.22. The predicted molar refractivity (Wildman–Crippen MR) is 123 cm³/mol. The number of hydrogen-bond donors (Lipinski definition) is 1. The van der Waals surface area contributed by atoms with E-state index in [9.17, 15) is 9.59 Å². The number of carbonyl (C=O) groups excluding carboxylic acids is 1. The molecule has 0 unspecified atom stereocenters. The van der Waals surface area contributed by atoms with Crippen molar-refractivity contribution in [3.63, 3.8) is 0 Å². The molecule has 31 heavy (non-hydrogen) atoms. The predicted octanol–water partition coefficient (Wildman–Crippen LogP) is 4.17. The number of amides is 1. The highest BCUT2D eigenvalue weighted by Gasteiger charge is 2.18. The maximum Gasteiger partial charge on any atom is 0.291 e. The highest BCUT2D eigenvalue weighted by molar-refractivity contribution is 7.09. The summed E-state index contributed by atoms with van der Waals surface area (Å²) in [5.41, 5.74) is 2.09. The first-order valence-corrected chi connectivity index (χ1v) is 10.9. The quantitative estimate of drug-likeness (QED) is 0.441. The summed E-state index contributed by atoms with van der Waals surface area (Å²) in [6.45, 7) is 0.859. The minimum atomic E-state index is -0.294. The monoisotopic (exact) mass is 428 g/mol. The van der Waals surface area contributed by atoms with Gasteiger partial charge in [0.2, 0.25) is 5.91 Å². The lowest BCUT2D eigenvalue weighted by Crippen LogP contribution is -2.36. The highest BCUT2D eigenvalue weighted by Crippen LogP contribution is 2.22. The highest BCUT2D eigenvalue weighted by atomic mass is 32.1. The summed E-state index contributed by atoms with van der Waals surface area (Å²) in [5, 5.41) is 8.01. The van der Waals surface area contributed by atoms with Crippen LogP contribution in [0.25, 0.3) is 21.8 Å². The molecule has 0 aliphatic heterocycles. The number of hydrogen-bond acceptors (Lipinski definition) is 4. The molecule has 6 nitrogen and oxygen atoms in total. The molecule has 154 valence electrons. The molecule has 0 fully saturated rings. The van der Waals surface area contributed by atoms with Crippen LogP contribution in [0.15, 0.2) is 83.1 Å². The van der Waals surface area contributed by atoms with Crippen LogP contribution in [0, 0.1) is 0 Å². The van der Waals surface area contributed by atoms with Crippen LogP contribution in [0.4, 0.5) is 0 Å². The van der Waals surface area contributed by atoms with Gasteiger partial charge in [0.25, 0.3) is 5.56 Å². The Morgan fingerprint density at radius 3 is 2.58 bits per heavy atom. The molecule has 1 N–H and O–H groups in total. The van der Waals surface area contributed by atoms with Crippen molar-refractivity contribution in [2.24, 2.45) is 0 Å². The van der Waals surface area contributed by atoms with Crippen LogP contribution in [0.2, 0.25) is 0 Å². The van der Waals surface area contributed by atoms with Crippen LogP contribution >= 0.6 is 11.3 Å². The van der Waals surface area contributed by atoms with Gasteiger partial charge in [-0.05, 0) is 23.1 Å². The fourth-order valence-corrected chi connectivity index (χ4v) is 4.46. The average Bonchev–Trinajstić information content (AvgIpc) is 3.44. The van der Waals surface area contributed by atoms with Gasteiger partial charge in [0.15, 0.2) is 0 Å². The van der Waals surface area contributed by atoms with Gasteiger partial charge >= 0.3 is 0 Å². The third-order valence-electron chi connectivity index (χ3n) is 5.30. The minimum Gasteiger partial charge on any atom is -0.350 e. The van der Waals surface area contributed by atoms with Crippen molar-refractivity contribution < 1.29 is 4.79 Å². The van der Waals surface area contributed by atoms with Gasteiger partial charge in [0.05, 0.1) is 12.7 Å². The van der Waals surface area contributed by atoms with Gasteiger partial charge in [-0.2, -0.15) is 5.10 Å². The van der Waals surface area contributed by atoms with Gasteiger partial charge in [-0.3, -0.25) is 9.59 Å². The Morgan fingerprint density at radius 1 is 0.968 bits per heavy atom. The van der Waals surface area contributed by atoms with Gasteiger partial charge in [-0.25, -0.2) is 4.68 Å². The number of para-hydroxylation sites is 1. The summed E-state index contributed by atoms with van der Waals surface area (Å²) in [6.07, 6.45) is 1.66. The van der Waals surface area contributed by atoms with Crippen molar-refractivity contribution in [2.75, 3.05) is 0 Å². The van der Waals surface area contributed by atoms with E-state index in [1.165, 1.54) is 4.68 Å². The van der Waals surface area contributed by atoms with E-state index in [-0.39, 0.29) is 18.0 Å². The molecule has 0 aliphatic rings. The van der Waals surface area contributed by atoms with Gasteiger partial charge in [0.1, 0.15) is 12.1 Å². The topological polar surface area (TPSA) is 71.0 Å². The second kappa shape index (κ2) is 8.20. The number of fused-ring (bicyclic) bond motifs is 3. The van der Waals surface area contributed by atoms with Crippen molar-refractivity contribution >= 4 is 39.0 Å². The van der Waals surface area contributed by atoms with Gasteiger partial charge in [-0.15, -0.1) is 11.3 Å². The fourth-order valence-electron chi connectivity index (χ4n) is 3.74. The molecule has 0 bridgehead atoms. The summed E-state index contributed by atoms with van der Waals surface area (Å²) in [4.78, 5) is 32.3. The molecule has 5 rings (SSSR count). The van der Waals surface area contributed by atoms with Crippen LogP contribution in [0.5, 0.6) is 0 Å². The Balaban J connectivity index is 1.45. The van der Waals surface area contributed by atoms with E-state index in [0.717, 1.165) is 26.7 Å². The smallest absolute Gasteiger partial charge is 0.291 e. The normalized spacial score (nSPS) is 11.2. The molecule has 0 aliphatic carbocycles. The molecular formula is C24H20N4O2S. The number of nitrogens with zero attached hydrogens (tertiary/aromatic N) is 3. The van der Waals surface area contributed by atoms with E-state index in [0.29, 0.717) is 18.6 Å². The number of carbonyl (C=O) groups is 1. The summed E-state index contributed by atoms with van der Waals surface area (Å²) in [6, 6.07) is 21.6. The Morgan fingerprint density at radius 2 is 1.77 bits per heavy atom. The third-order valence-corrected chi connectivity index (χ3v) is 6.16. The van der Waals surface area contributed by atoms with Crippen LogP contribution in [0.3, 0.4) is 0 Å². The number of nitrogens with one attached hydrogen (secondary N) is 1. The Labute approximate surface area is 182 Å². The van der Waals surface area contributed by atoms with Crippen molar-refractivity contribution in [1.82, 2.24) is 19.7 Å². The van der Waals surface area contributed by atoms with Crippen molar-refractivity contribution in [1.29, 1.82) is 0 Å². The average molecular weight is 429 g/mol. The number of rotatable bonds is 6. The third kappa shape index (κ3) is 3.87. The summed E-state index contributed by atoms with van der Waals surface area (Å²) < 4.78 is 1.24. The van der Waals surface area contributed by atoms with Crippen LogP contribution in [0.1, 0.15) is 10.4 Å².